The van der Waals surface area contributed by atoms with Gasteiger partial charge in [0.1, 0.15) is 6.10 Å². The Morgan fingerprint density at radius 2 is 2.24 bits per heavy atom. The average molecular weight is 368 g/mol. The molecule has 0 aromatic carbocycles. The zero-order valence-corrected chi connectivity index (χ0v) is 13.9. The van der Waals surface area contributed by atoms with Crippen molar-refractivity contribution in [2.24, 2.45) is 0 Å². The van der Waals surface area contributed by atoms with Crippen molar-refractivity contribution >= 4 is 23.3 Å². The Morgan fingerprint density at radius 1 is 1.40 bits per heavy atom. The molecule has 0 unspecified atom stereocenters. The molecule has 4 nitrogen and oxygen atoms in total. The molecule has 0 spiro atoms. The number of aromatic nitrogens is 1. The molecule has 0 aliphatic carbocycles. The predicted molar refractivity (Wildman–Crippen MR) is 88.2 cm³/mol. The summed E-state index contributed by atoms with van der Waals surface area (Å²) in [6.45, 7) is 0.822. The summed E-state index contributed by atoms with van der Waals surface area (Å²) in [6.07, 6.45) is 0.0588. The quantitative estimate of drug-likeness (QED) is 0.770. The Kier molecular flexibility index (Phi) is 5.08. The van der Waals surface area contributed by atoms with Gasteiger partial charge in [-0.3, -0.25) is 4.79 Å². The van der Waals surface area contributed by atoms with Crippen molar-refractivity contribution in [3.05, 3.63) is 52.4 Å². The number of amides is 1. The number of alkyl halides is 3. The molecule has 25 heavy (non-hydrogen) atoms. The van der Waals surface area contributed by atoms with Gasteiger partial charge in [-0.25, -0.2) is 4.98 Å². The van der Waals surface area contributed by atoms with Crippen LogP contribution in [0.3, 0.4) is 0 Å². The average Bonchev–Trinajstić information content (AvgIpc) is 3.24. The minimum absolute atomic E-state index is 0.0803. The fraction of sp³-hybridized carbons (Fsp3) is 0.294. The molecule has 132 valence electrons. The Balaban J connectivity index is 1.57. The van der Waals surface area contributed by atoms with Crippen LogP contribution in [0.4, 0.5) is 13.2 Å². The third kappa shape index (κ3) is 4.60. The van der Waals surface area contributed by atoms with E-state index < -0.39 is 11.7 Å². The van der Waals surface area contributed by atoms with E-state index >= 15 is 0 Å². The highest BCUT2D eigenvalue weighted by atomic mass is 32.1. The van der Waals surface area contributed by atoms with Crippen LogP contribution in [0.25, 0.3) is 6.08 Å². The van der Waals surface area contributed by atoms with Gasteiger partial charge in [0.25, 0.3) is 0 Å². The van der Waals surface area contributed by atoms with Gasteiger partial charge < -0.3 is 9.64 Å². The summed E-state index contributed by atoms with van der Waals surface area (Å²) in [5.41, 5.74) is -0.803. The molecule has 1 fully saturated rings. The van der Waals surface area contributed by atoms with Crippen molar-refractivity contribution in [3.8, 4) is 5.88 Å². The van der Waals surface area contributed by atoms with Gasteiger partial charge in [-0.2, -0.15) is 13.2 Å². The highest BCUT2D eigenvalue weighted by Crippen LogP contribution is 2.31. The molecule has 3 rings (SSSR count). The van der Waals surface area contributed by atoms with E-state index in [-0.39, 0.29) is 17.9 Å². The number of pyridine rings is 1. The Morgan fingerprint density at radius 3 is 2.96 bits per heavy atom. The van der Waals surface area contributed by atoms with Crippen molar-refractivity contribution in [2.45, 2.75) is 18.7 Å². The Hall–Kier alpha value is -2.35. The largest absolute Gasteiger partial charge is 0.472 e. The summed E-state index contributed by atoms with van der Waals surface area (Å²) in [6, 6.07) is 5.58. The standard InChI is InChI=1S/C17H15F3N2O2S/c18-17(19,20)12-5-7-21-15(10-12)24-13-6-8-22(11-13)16(23)4-3-14-2-1-9-25-14/h1-5,7,9-10,13H,6,8,11H2/b4-3+/t13-/m0/s1. The minimum Gasteiger partial charge on any atom is -0.472 e. The predicted octanol–water partition coefficient (Wildman–Crippen LogP) is 3.86. The molecule has 1 saturated heterocycles. The van der Waals surface area contributed by atoms with E-state index in [4.69, 9.17) is 4.74 Å². The lowest BCUT2D eigenvalue weighted by Gasteiger charge is -2.16. The summed E-state index contributed by atoms with van der Waals surface area (Å²) < 4.78 is 43.6. The third-order valence-corrected chi connectivity index (χ3v) is 4.58. The van der Waals surface area contributed by atoms with Crippen molar-refractivity contribution in [1.82, 2.24) is 9.88 Å². The molecule has 2 aromatic heterocycles. The maximum absolute atomic E-state index is 12.7. The van der Waals surface area contributed by atoms with E-state index in [1.807, 2.05) is 17.5 Å². The number of nitrogens with zero attached hydrogens (tertiary/aromatic N) is 2. The van der Waals surface area contributed by atoms with Gasteiger partial charge in [0.15, 0.2) is 0 Å². The molecule has 8 heteroatoms. The summed E-state index contributed by atoms with van der Waals surface area (Å²) in [5.74, 6) is -0.222. The molecule has 0 N–H and O–H groups in total. The van der Waals surface area contributed by atoms with Crippen LogP contribution in [0, 0.1) is 0 Å². The topological polar surface area (TPSA) is 42.4 Å². The maximum Gasteiger partial charge on any atom is 0.416 e. The van der Waals surface area contributed by atoms with E-state index in [9.17, 15) is 18.0 Å². The van der Waals surface area contributed by atoms with Crippen molar-refractivity contribution in [1.29, 1.82) is 0 Å². The second-order valence-electron chi connectivity index (χ2n) is 5.54. The molecule has 1 aliphatic rings. The number of likely N-dealkylation sites (tertiary alicyclic amines) is 1. The summed E-state index contributed by atoms with van der Waals surface area (Å²) >= 11 is 1.53. The summed E-state index contributed by atoms with van der Waals surface area (Å²) in [7, 11) is 0. The zero-order valence-electron chi connectivity index (χ0n) is 13.1. The Bertz CT molecular complexity index is 760. The number of carbonyl (C=O) groups is 1. The minimum atomic E-state index is -4.44. The lowest BCUT2D eigenvalue weighted by atomic mass is 10.2. The molecule has 1 aliphatic heterocycles. The lowest BCUT2D eigenvalue weighted by molar-refractivity contribution is -0.137. The number of thiophene rings is 1. The van der Waals surface area contributed by atoms with E-state index in [1.54, 1.807) is 11.0 Å². The van der Waals surface area contributed by atoms with Crippen molar-refractivity contribution in [3.63, 3.8) is 0 Å². The highest BCUT2D eigenvalue weighted by molar-refractivity contribution is 7.10. The Labute approximate surface area is 146 Å². The van der Waals surface area contributed by atoms with Crippen LogP contribution in [-0.4, -0.2) is 35.0 Å². The van der Waals surface area contributed by atoms with Gasteiger partial charge in [0.2, 0.25) is 11.8 Å². The number of halogens is 3. The normalized spacial score (nSPS) is 18.0. The van der Waals surface area contributed by atoms with Crippen molar-refractivity contribution in [2.75, 3.05) is 13.1 Å². The van der Waals surface area contributed by atoms with Crippen molar-refractivity contribution < 1.29 is 22.7 Å². The maximum atomic E-state index is 12.7. The molecular formula is C17H15F3N2O2S. The summed E-state index contributed by atoms with van der Waals surface area (Å²) in [5, 5.41) is 1.92. The van der Waals surface area contributed by atoms with Crippen LogP contribution >= 0.6 is 11.3 Å². The van der Waals surface area contributed by atoms with Gasteiger partial charge in [0, 0.05) is 36.2 Å². The fourth-order valence-electron chi connectivity index (χ4n) is 2.49. The smallest absolute Gasteiger partial charge is 0.416 e. The molecular weight excluding hydrogens is 353 g/mol. The SMILES string of the molecule is O=C(/C=C/c1cccs1)N1CC[C@H](Oc2cc(C(F)(F)F)ccn2)C1. The second-order valence-corrected chi connectivity index (χ2v) is 6.52. The second kappa shape index (κ2) is 7.26. The lowest BCUT2D eigenvalue weighted by Crippen LogP contribution is -2.29. The number of hydrogen-bond donors (Lipinski definition) is 0. The molecule has 3 heterocycles. The van der Waals surface area contributed by atoms with Crippen LogP contribution in [0.1, 0.15) is 16.9 Å². The zero-order chi connectivity index (χ0) is 17.9. The van der Waals surface area contributed by atoms with E-state index in [0.29, 0.717) is 19.5 Å². The van der Waals surface area contributed by atoms with Crippen LogP contribution in [-0.2, 0) is 11.0 Å². The number of hydrogen-bond acceptors (Lipinski definition) is 4. The van der Waals surface area contributed by atoms with E-state index in [1.165, 1.54) is 17.4 Å². The first-order valence-corrected chi connectivity index (χ1v) is 8.50. The highest BCUT2D eigenvalue weighted by Gasteiger charge is 2.32. The van der Waals surface area contributed by atoms with Crippen LogP contribution < -0.4 is 4.74 Å². The van der Waals surface area contributed by atoms with Gasteiger partial charge in [-0.15, -0.1) is 11.3 Å². The molecule has 0 saturated carbocycles. The van der Waals surface area contributed by atoms with Gasteiger partial charge in [-0.1, -0.05) is 6.07 Å². The fourth-order valence-corrected chi connectivity index (χ4v) is 3.11. The molecule has 0 radical (unpaired) electrons. The molecule has 0 bridgehead atoms. The summed E-state index contributed by atoms with van der Waals surface area (Å²) in [4.78, 5) is 18.6. The third-order valence-electron chi connectivity index (χ3n) is 3.74. The van der Waals surface area contributed by atoms with Crippen LogP contribution in [0.15, 0.2) is 41.9 Å². The number of rotatable bonds is 4. The first kappa shape index (κ1) is 17.5. The molecule has 1 atom stereocenters. The number of carbonyl (C=O) groups excluding carboxylic acids is 1. The van der Waals surface area contributed by atoms with Gasteiger partial charge in [-0.05, 0) is 23.6 Å². The molecule has 2 aromatic rings. The van der Waals surface area contributed by atoms with Crippen LogP contribution in [0.2, 0.25) is 0 Å². The van der Waals surface area contributed by atoms with Gasteiger partial charge in [0.05, 0.1) is 12.1 Å². The van der Waals surface area contributed by atoms with E-state index in [0.717, 1.165) is 23.2 Å². The first-order valence-electron chi connectivity index (χ1n) is 7.62. The first-order chi connectivity index (χ1) is 11.9. The van der Waals surface area contributed by atoms with E-state index in [2.05, 4.69) is 4.98 Å². The van der Waals surface area contributed by atoms with Crippen LogP contribution in [0.5, 0.6) is 5.88 Å². The number of ether oxygens (including phenoxy) is 1. The van der Waals surface area contributed by atoms with Gasteiger partial charge >= 0.3 is 6.18 Å². The molecule has 1 amide bonds. The monoisotopic (exact) mass is 368 g/mol.